The normalized spacial score (nSPS) is 20.7. The highest BCUT2D eigenvalue weighted by atomic mass is 35.5. The highest BCUT2D eigenvalue weighted by Gasteiger charge is 2.45. The topological polar surface area (TPSA) is 102 Å². The lowest BCUT2D eigenvalue weighted by Crippen LogP contribution is -2.48. The third-order valence-corrected chi connectivity index (χ3v) is 10.3. The van der Waals surface area contributed by atoms with E-state index in [1.165, 1.54) is 0 Å². The van der Waals surface area contributed by atoms with Gasteiger partial charge in [-0.2, -0.15) is 0 Å². The van der Waals surface area contributed by atoms with Crippen LogP contribution in [0.5, 0.6) is 17.2 Å². The Morgan fingerprint density at radius 3 is 2.10 bits per heavy atom. The average Bonchev–Trinajstić information content (AvgIpc) is 3.82. The zero-order chi connectivity index (χ0) is 36.2. The molecule has 0 bridgehead atoms. The van der Waals surface area contributed by atoms with Crippen LogP contribution in [0.4, 0.5) is 11.4 Å². The predicted molar refractivity (Wildman–Crippen MR) is 199 cm³/mol. The lowest BCUT2D eigenvalue weighted by Gasteiger charge is -2.36. The van der Waals surface area contributed by atoms with Gasteiger partial charge in [-0.25, -0.2) is 4.98 Å². The van der Waals surface area contributed by atoms with Gasteiger partial charge in [0.25, 0.3) is 0 Å². The standard InChI is InChI=1S/C38H42Cl2N6O6/c1-27(47)43-13-17-45(18-14-43)30-4-7-32(8-5-30)51-37-22-31(46-19-15-44(16-20-46)28(2)48)6-10-36(37)49-23-33-24-50-38(52-33,25-42-12-11-41-26-42)34-9-3-29(39)21-35(34)40/h3-12,21-22,26,33H,13-20,23-25H2,1-2H3/t33-,38-/m1/s1. The number of ether oxygens (including phenoxy) is 4. The zero-order valence-corrected chi connectivity index (χ0v) is 30.8. The van der Waals surface area contributed by atoms with Crippen molar-refractivity contribution >= 4 is 46.4 Å². The average molecular weight is 750 g/mol. The molecule has 3 fully saturated rings. The summed E-state index contributed by atoms with van der Waals surface area (Å²) in [6, 6.07) is 19.1. The Balaban J connectivity index is 1.08. The Kier molecular flexibility index (Phi) is 10.8. The Labute approximate surface area is 313 Å². The minimum absolute atomic E-state index is 0.0853. The molecule has 0 radical (unpaired) electrons. The Hall–Kier alpha value is -4.49. The van der Waals surface area contributed by atoms with E-state index in [0.29, 0.717) is 78.7 Å². The first kappa shape index (κ1) is 35.9. The zero-order valence-electron chi connectivity index (χ0n) is 29.2. The SMILES string of the molecule is CC(=O)N1CCN(c2ccc(Oc3cc(N4CCN(C(C)=O)CC4)ccc3OC[C@@H]3CO[C@@](Cn4ccnc4)(c4ccc(Cl)cc4Cl)O3)cc2)CC1. The Morgan fingerprint density at radius 1 is 0.827 bits per heavy atom. The maximum atomic E-state index is 11.9. The molecule has 52 heavy (non-hydrogen) atoms. The number of carbonyl (C=O) groups excluding carboxylic acids is 2. The van der Waals surface area contributed by atoms with E-state index < -0.39 is 11.9 Å². The number of benzene rings is 3. The van der Waals surface area contributed by atoms with E-state index >= 15 is 0 Å². The lowest BCUT2D eigenvalue weighted by molar-refractivity contribution is -0.189. The van der Waals surface area contributed by atoms with Crippen molar-refractivity contribution in [2.75, 3.05) is 75.4 Å². The summed E-state index contributed by atoms with van der Waals surface area (Å²) < 4.78 is 27.8. The number of nitrogens with zero attached hydrogens (tertiary/aromatic N) is 6. The van der Waals surface area contributed by atoms with Crippen LogP contribution in [-0.4, -0.2) is 103 Å². The molecule has 3 saturated heterocycles. The lowest BCUT2D eigenvalue weighted by atomic mass is 10.1. The van der Waals surface area contributed by atoms with Crippen molar-refractivity contribution < 1.29 is 28.5 Å². The summed E-state index contributed by atoms with van der Waals surface area (Å²) in [6.07, 6.45) is 4.82. The first-order valence-electron chi connectivity index (χ1n) is 17.4. The van der Waals surface area contributed by atoms with E-state index in [1.54, 1.807) is 38.5 Å². The first-order valence-corrected chi connectivity index (χ1v) is 18.2. The maximum Gasteiger partial charge on any atom is 0.219 e. The molecule has 3 aliphatic rings. The Bertz CT molecular complexity index is 1860. The van der Waals surface area contributed by atoms with Gasteiger partial charge >= 0.3 is 0 Å². The molecule has 0 saturated carbocycles. The summed E-state index contributed by atoms with van der Waals surface area (Å²) in [5, 5.41) is 0.956. The van der Waals surface area contributed by atoms with Crippen LogP contribution in [0, 0.1) is 0 Å². The van der Waals surface area contributed by atoms with Crippen LogP contribution in [0.25, 0.3) is 0 Å². The van der Waals surface area contributed by atoms with Crippen LogP contribution < -0.4 is 19.3 Å². The highest BCUT2D eigenvalue weighted by Crippen LogP contribution is 2.42. The number of hydrogen-bond donors (Lipinski definition) is 0. The molecule has 2 amide bonds. The second kappa shape index (κ2) is 15.6. The van der Waals surface area contributed by atoms with Gasteiger partial charge in [0.05, 0.1) is 24.5 Å². The number of carbonyl (C=O) groups is 2. The molecule has 274 valence electrons. The number of amides is 2. The second-order valence-corrected chi connectivity index (χ2v) is 14.0. The van der Waals surface area contributed by atoms with Gasteiger partial charge in [-0.3, -0.25) is 9.59 Å². The molecule has 7 rings (SSSR count). The van der Waals surface area contributed by atoms with Gasteiger partial charge in [0.15, 0.2) is 11.5 Å². The smallest absolute Gasteiger partial charge is 0.219 e. The van der Waals surface area contributed by atoms with Crippen LogP contribution in [0.1, 0.15) is 19.4 Å². The molecule has 0 unspecified atom stereocenters. The largest absolute Gasteiger partial charge is 0.487 e. The molecular formula is C38H42Cl2N6O6. The van der Waals surface area contributed by atoms with E-state index in [1.807, 2.05) is 69.1 Å². The highest BCUT2D eigenvalue weighted by molar-refractivity contribution is 6.35. The van der Waals surface area contributed by atoms with E-state index in [9.17, 15) is 9.59 Å². The molecular weight excluding hydrogens is 707 g/mol. The van der Waals surface area contributed by atoms with Crippen molar-refractivity contribution in [3.63, 3.8) is 0 Å². The van der Waals surface area contributed by atoms with Gasteiger partial charge < -0.3 is 43.1 Å². The molecule has 1 aromatic heterocycles. The molecule has 3 aliphatic heterocycles. The van der Waals surface area contributed by atoms with E-state index in [4.69, 9.17) is 42.1 Å². The van der Waals surface area contributed by atoms with E-state index in [2.05, 4.69) is 14.8 Å². The molecule has 4 aromatic rings. The van der Waals surface area contributed by atoms with Gasteiger partial charge in [-0.05, 0) is 48.5 Å². The molecule has 12 nitrogen and oxygen atoms in total. The molecule has 3 aromatic carbocycles. The van der Waals surface area contributed by atoms with Gasteiger partial charge in [0, 0.05) is 107 Å². The van der Waals surface area contributed by atoms with Crippen LogP contribution in [0.3, 0.4) is 0 Å². The molecule has 0 N–H and O–H groups in total. The Morgan fingerprint density at radius 2 is 1.48 bits per heavy atom. The number of anilines is 2. The number of piperazine rings is 2. The number of hydrogen-bond acceptors (Lipinski definition) is 9. The van der Waals surface area contributed by atoms with E-state index in [0.717, 1.165) is 24.5 Å². The van der Waals surface area contributed by atoms with Crippen LogP contribution in [-0.2, 0) is 31.4 Å². The summed E-state index contributed by atoms with van der Waals surface area (Å²) in [5.41, 5.74) is 2.71. The van der Waals surface area contributed by atoms with Crippen LogP contribution in [0.2, 0.25) is 10.0 Å². The summed E-state index contributed by atoms with van der Waals surface area (Å²) >= 11 is 12.9. The van der Waals surface area contributed by atoms with Gasteiger partial charge in [0.1, 0.15) is 18.5 Å². The molecule has 2 atom stereocenters. The quantitative estimate of drug-likeness (QED) is 0.203. The number of imidazole rings is 1. The fraction of sp³-hybridized carbons (Fsp3) is 0.395. The van der Waals surface area contributed by atoms with Gasteiger partial charge in [0.2, 0.25) is 17.6 Å². The second-order valence-electron chi connectivity index (χ2n) is 13.2. The summed E-state index contributed by atoms with van der Waals surface area (Å²) in [7, 11) is 0. The first-order chi connectivity index (χ1) is 25.2. The van der Waals surface area contributed by atoms with Crippen LogP contribution in [0.15, 0.2) is 79.4 Å². The number of rotatable bonds is 10. The van der Waals surface area contributed by atoms with Crippen molar-refractivity contribution in [1.82, 2.24) is 19.4 Å². The summed E-state index contributed by atoms with van der Waals surface area (Å²) in [4.78, 5) is 36.1. The number of halogens is 2. The molecule has 4 heterocycles. The minimum Gasteiger partial charge on any atom is -0.487 e. The molecule has 14 heteroatoms. The summed E-state index contributed by atoms with van der Waals surface area (Å²) in [6.45, 7) is 9.70. The third-order valence-electron chi connectivity index (χ3n) is 9.75. The van der Waals surface area contributed by atoms with Gasteiger partial charge in [-0.1, -0.05) is 29.3 Å². The predicted octanol–water partition coefficient (Wildman–Crippen LogP) is 5.67. The van der Waals surface area contributed by atoms with Crippen molar-refractivity contribution in [1.29, 1.82) is 0 Å². The summed E-state index contributed by atoms with van der Waals surface area (Å²) in [5.74, 6) is 0.779. The fourth-order valence-electron chi connectivity index (χ4n) is 6.86. The van der Waals surface area contributed by atoms with Crippen LogP contribution >= 0.6 is 23.2 Å². The van der Waals surface area contributed by atoms with Crippen molar-refractivity contribution in [2.24, 2.45) is 0 Å². The fourth-order valence-corrected chi connectivity index (χ4v) is 7.41. The van der Waals surface area contributed by atoms with Crippen molar-refractivity contribution in [3.8, 4) is 17.2 Å². The van der Waals surface area contributed by atoms with E-state index in [-0.39, 0.29) is 25.0 Å². The maximum absolute atomic E-state index is 11.9. The van der Waals surface area contributed by atoms with Crippen molar-refractivity contribution in [2.45, 2.75) is 32.3 Å². The van der Waals surface area contributed by atoms with Crippen molar-refractivity contribution in [3.05, 3.63) is 95.0 Å². The molecule has 0 spiro atoms. The molecule has 0 aliphatic carbocycles. The third kappa shape index (κ3) is 8.10. The minimum atomic E-state index is -1.18. The van der Waals surface area contributed by atoms with Gasteiger partial charge in [-0.15, -0.1) is 0 Å². The number of aromatic nitrogens is 2. The monoisotopic (exact) mass is 748 g/mol.